The molecule has 3 atom stereocenters. The maximum Gasteiger partial charge on any atom is 0.0731 e. The van der Waals surface area contributed by atoms with Gasteiger partial charge in [-0.3, -0.25) is 0 Å². The van der Waals surface area contributed by atoms with E-state index in [1.54, 1.807) is 0 Å². The average Bonchev–Trinajstić information content (AvgIpc) is 2.33. The van der Waals surface area contributed by atoms with Gasteiger partial charge in [-0.25, -0.2) is 0 Å². The molecule has 0 aromatic carbocycles. The lowest BCUT2D eigenvalue weighted by molar-refractivity contribution is -0.0348. The first-order valence-electron chi connectivity index (χ1n) is 7.85. The van der Waals surface area contributed by atoms with Gasteiger partial charge in [-0.05, 0) is 37.0 Å². The summed E-state index contributed by atoms with van der Waals surface area (Å²) in [4.78, 5) is 0. The van der Waals surface area contributed by atoms with Gasteiger partial charge in [0.1, 0.15) is 0 Å². The van der Waals surface area contributed by atoms with Gasteiger partial charge in [-0.2, -0.15) is 0 Å². The molecule has 2 N–H and O–H groups in total. The summed E-state index contributed by atoms with van der Waals surface area (Å²) < 4.78 is 6.16. The number of nitrogens with two attached hydrogens (primary N) is 1. The minimum atomic E-state index is 0.252. The van der Waals surface area contributed by atoms with E-state index in [9.17, 15) is 0 Å². The first-order chi connectivity index (χ1) is 8.48. The number of hydrogen-bond donors (Lipinski definition) is 1. The Balaban J connectivity index is 2.35. The molecule has 0 saturated heterocycles. The van der Waals surface area contributed by atoms with Crippen molar-refractivity contribution in [3.05, 3.63) is 0 Å². The predicted molar refractivity (Wildman–Crippen MR) is 78.7 cm³/mol. The van der Waals surface area contributed by atoms with Crippen molar-refractivity contribution in [2.45, 2.75) is 84.8 Å². The fourth-order valence-electron chi connectivity index (χ4n) is 2.88. The highest BCUT2D eigenvalue weighted by Crippen LogP contribution is 2.36. The Kier molecular flexibility index (Phi) is 6.65. The topological polar surface area (TPSA) is 35.2 Å². The Bertz CT molecular complexity index is 227. The van der Waals surface area contributed by atoms with Crippen molar-refractivity contribution < 1.29 is 4.74 Å². The summed E-state index contributed by atoms with van der Waals surface area (Å²) >= 11 is 0. The second-order valence-electron chi connectivity index (χ2n) is 6.86. The zero-order valence-corrected chi connectivity index (χ0v) is 12.9. The molecule has 3 unspecified atom stereocenters. The number of unbranched alkanes of at least 4 members (excludes halogenated alkanes) is 1. The van der Waals surface area contributed by atoms with E-state index >= 15 is 0 Å². The standard InChI is InChI=1S/C16H33NO/c1-5-7-8-13(6-2)12-18-15-11-16(3,4)10-9-14(15)17/h13-15H,5-12,17H2,1-4H3. The highest BCUT2D eigenvalue weighted by atomic mass is 16.5. The largest absolute Gasteiger partial charge is 0.376 e. The van der Waals surface area contributed by atoms with Crippen molar-refractivity contribution in [3.8, 4) is 0 Å². The van der Waals surface area contributed by atoms with E-state index < -0.39 is 0 Å². The van der Waals surface area contributed by atoms with Gasteiger partial charge in [-0.15, -0.1) is 0 Å². The van der Waals surface area contributed by atoms with Crippen LogP contribution in [0.1, 0.15) is 72.6 Å². The number of hydrogen-bond acceptors (Lipinski definition) is 2. The monoisotopic (exact) mass is 255 g/mol. The molecule has 0 bridgehead atoms. The predicted octanol–water partition coefficient (Wildman–Crippen LogP) is 4.13. The van der Waals surface area contributed by atoms with Crippen LogP contribution < -0.4 is 5.73 Å². The minimum Gasteiger partial charge on any atom is -0.376 e. The summed E-state index contributed by atoms with van der Waals surface area (Å²) in [5.41, 5.74) is 6.61. The second kappa shape index (κ2) is 7.49. The summed E-state index contributed by atoms with van der Waals surface area (Å²) in [6.45, 7) is 10.1. The average molecular weight is 255 g/mol. The van der Waals surface area contributed by atoms with Crippen molar-refractivity contribution in [3.63, 3.8) is 0 Å². The Morgan fingerprint density at radius 2 is 2.06 bits per heavy atom. The van der Waals surface area contributed by atoms with E-state index in [1.807, 2.05) is 0 Å². The molecule has 1 fully saturated rings. The zero-order valence-electron chi connectivity index (χ0n) is 12.9. The second-order valence-corrected chi connectivity index (χ2v) is 6.86. The molecule has 108 valence electrons. The van der Waals surface area contributed by atoms with Crippen LogP contribution in [0.5, 0.6) is 0 Å². The van der Waals surface area contributed by atoms with Gasteiger partial charge in [-0.1, -0.05) is 47.0 Å². The summed E-state index contributed by atoms with van der Waals surface area (Å²) in [6, 6.07) is 0.252. The summed E-state index contributed by atoms with van der Waals surface area (Å²) in [7, 11) is 0. The van der Waals surface area contributed by atoms with Crippen LogP contribution >= 0.6 is 0 Å². The molecule has 1 saturated carbocycles. The van der Waals surface area contributed by atoms with Crippen LogP contribution in [0, 0.1) is 11.3 Å². The quantitative estimate of drug-likeness (QED) is 0.742. The molecule has 0 heterocycles. The zero-order chi connectivity index (χ0) is 13.6. The molecule has 0 aromatic rings. The van der Waals surface area contributed by atoms with Crippen molar-refractivity contribution in [1.82, 2.24) is 0 Å². The lowest BCUT2D eigenvalue weighted by Crippen LogP contribution is -2.45. The van der Waals surface area contributed by atoms with Gasteiger partial charge < -0.3 is 10.5 Å². The Hall–Kier alpha value is -0.0800. The summed E-state index contributed by atoms with van der Waals surface area (Å²) in [5.74, 6) is 0.724. The van der Waals surface area contributed by atoms with Crippen molar-refractivity contribution in [2.75, 3.05) is 6.61 Å². The molecule has 1 rings (SSSR count). The van der Waals surface area contributed by atoms with Gasteiger partial charge in [0, 0.05) is 12.6 Å². The van der Waals surface area contributed by atoms with Crippen molar-refractivity contribution in [1.29, 1.82) is 0 Å². The molecule has 0 spiro atoms. The highest BCUT2D eigenvalue weighted by Gasteiger charge is 2.33. The first kappa shape index (κ1) is 16.0. The van der Waals surface area contributed by atoms with Gasteiger partial charge >= 0.3 is 0 Å². The van der Waals surface area contributed by atoms with E-state index in [0.29, 0.717) is 5.41 Å². The van der Waals surface area contributed by atoms with Gasteiger partial charge in [0.2, 0.25) is 0 Å². The summed E-state index contributed by atoms with van der Waals surface area (Å²) in [5, 5.41) is 0. The molecule has 0 amide bonds. The van der Waals surface area contributed by atoms with Crippen LogP contribution in [0.15, 0.2) is 0 Å². The third-order valence-corrected chi connectivity index (χ3v) is 4.48. The van der Waals surface area contributed by atoms with Crippen molar-refractivity contribution in [2.24, 2.45) is 17.1 Å². The Labute approximate surface area is 114 Å². The molecule has 18 heavy (non-hydrogen) atoms. The minimum absolute atomic E-state index is 0.252. The molecule has 0 radical (unpaired) electrons. The maximum atomic E-state index is 6.20. The van der Waals surface area contributed by atoms with E-state index in [-0.39, 0.29) is 12.1 Å². The lowest BCUT2D eigenvalue weighted by atomic mass is 9.74. The summed E-state index contributed by atoms with van der Waals surface area (Å²) in [6.07, 6.45) is 8.90. The molecule has 0 aliphatic heterocycles. The maximum absolute atomic E-state index is 6.20. The fourth-order valence-corrected chi connectivity index (χ4v) is 2.88. The molecule has 1 aliphatic rings. The van der Waals surface area contributed by atoms with Gasteiger partial charge in [0.05, 0.1) is 6.10 Å². The van der Waals surface area contributed by atoms with Crippen LogP contribution in [0.3, 0.4) is 0 Å². The highest BCUT2D eigenvalue weighted by molar-refractivity contribution is 4.88. The third-order valence-electron chi connectivity index (χ3n) is 4.48. The Morgan fingerprint density at radius 3 is 2.67 bits per heavy atom. The van der Waals surface area contributed by atoms with Crippen LogP contribution in [-0.2, 0) is 4.74 Å². The van der Waals surface area contributed by atoms with E-state index in [4.69, 9.17) is 10.5 Å². The molecule has 0 aromatic heterocycles. The first-order valence-corrected chi connectivity index (χ1v) is 7.85. The normalized spacial score (nSPS) is 29.2. The molecule has 2 nitrogen and oxygen atoms in total. The van der Waals surface area contributed by atoms with Crippen LogP contribution in [0.25, 0.3) is 0 Å². The Morgan fingerprint density at radius 1 is 1.33 bits per heavy atom. The molecule has 2 heteroatoms. The van der Waals surface area contributed by atoms with E-state index in [1.165, 1.54) is 32.1 Å². The van der Waals surface area contributed by atoms with Crippen LogP contribution in [0.4, 0.5) is 0 Å². The fraction of sp³-hybridized carbons (Fsp3) is 1.00. The third kappa shape index (κ3) is 5.27. The van der Waals surface area contributed by atoms with E-state index in [0.717, 1.165) is 25.4 Å². The smallest absolute Gasteiger partial charge is 0.0731 e. The van der Waals surface area contributed by atoms with Crippen molar-refractivity contribution >= 4 is 0 Å². The molecular formula is C16H33NO. The number of ether oxygens (including phenoxy) is 1. The van der Waals surface area contributed by atoms with Crippen LogP contribution in [0.2, 0.25) is 0 Å². The molecular weight excluding hydrogens is 222 g/mol. The number of rotatable bonds is 7. The SMILES string of the molecule is CCCCC(CC)COC1CC(C)(C)CCC1N. The van der Waals surface area contributed by atoms with Crippen LogP contribution in [-0.4, -0.2) is 18.8 Å². The molecule has 1 aliphatic carbocycles. The van der Waals surface area contributed by atoms with E-state index in [2.05, 4.69) is 27.7 Å². The lowest BCUT2D eigenvalue weighted by Gasteiger charge is -2.39. The van der Waals surface area contributed by atoms with Gasteiger partial charge in [0.15, 0.2) is 0 Å². The van der Waals surface area contributed by atoms with Gasteiger partial charge in [0.25, 0.3) is 0 Å².